The minimum Gasteiger partial charge on any atom is -0.458 e. The zero-order valence-electron chi connectivity index (χ0n) is 13.3. The first kappa shape index (κ1) is 15.1. The molecule has 0 spiro atoms. The van der Waals surface area contributed by atoms with Crippen LogP contribution in [0.2, 0.25) is 0 Å². The van der Waals surface area contributed by atoms with Crippen molar-refractivity contribution < 1.29 is 9.53 Å². The molecule has 1 aliphatic heterocycles. The minimum absolute atomic E-state index is 0.0306. The summed E-state index contributed by atoms with van der Waals surface area (Å²) in [6.45, 7) is 4.57. The van der Waals surface area contributed by atoms with Crippen molar-refractivity contribution >= 4 is 5.97 Å². The Hall–Kier alpha value is -1.77. The van der Waals surface area contributed by atoms with Gasteiger partial charge in [-0.1, -0.05) is 31.2 Å². The van der Waals surface area contributed by atoms with Crippen LogP contribution in [-0.4, -0.2) is 30.1 Å². The van der Waals surface area contributed by atoms with Crippen LogP contribution in [0.5, 0.6) is 0 Å². The zero-order chi connectivity index (χ0) is 15.4. The topological polar surface area (TPSA) is 29.5 Å². The highest BCUT2D eigenvalue weighted by molar-refractivity contribution is 5.89. The molecule has 0 aromatic heterocycles. The maximum atomic E-state index is 12.2. The summed E-state index contributed by atoms with van der Waals surface area (Å²) >= 11 is 0. The number of benzene rings is 1. The molecule has 1 aliphatic carbocycles. The maximum Gasteiger partial charge on any atom is 0.338 e. The molecule has 1 heterocycles. The summed E-state index contributed by atoms with van der Waals surface area (Å²) < 4.78 is 5.72. The molecule has 0 N–H and O–H groups in total. The van der Waals surface area contributed by atoms with Crippen molar-refractivity contribution in [3.63, 3.8) is 0 Å². The SMILES string of the molecule is CCCN1CCCC2CC(OC(=O)c3ccccc3)CC=C21. The second kappa shape index (κ2) is 6.99. The van der Waals surface area contributed by atoms with Crippen molar-refractivity contribution in [3.8, 4) is 0 Å². The van der Waals surface area contributed by atoms with E-state index < -0.39 is 0 Å². The van der Waals surface area contributed by atoms with Crippen LogP contribution in [0.25, 0.3) is 0 Å². The average molecular weight is 299 g/mol. The lowest BCUT2D eigenvalue weighted by molar-refractivity contribution is 0.0206. The van der Waals surface area contributed by atoms with E-state index in [9.17, 15) is 4.79 Å². The van der Waals surface area contributed by atoms with Crippen molar-refractivity contribution in [1.29, 1.82) is 0 Å². The smallest absolute Gasteiger partial charge is 0.338 e. The first-order chi connectivity index (χ1) is 10.8. The summed E-state index contributed by atoms with van der Waals surface area (Å²) in [6.07, 6.45) is 7.84. The summed E-state index contributed by atoms with van der Waals surface area (Å²) in [4.78, 5) is 14.7. The number of esters is 1. The molecule has 3 heteroatoms. The third-order valence-electron chi connectivity index (χ3n) is 4.68. The summed E-state index contributed by atoms with van der Waals surface area (Å²) in [5, 5.41) is 0. The molecule has 1 aromatic rings. The van der Waals surface area contributed by atoms with Crippen LogP contribution >= 0.6 is 0 Å². The fraction of sp³-hybridized carbons (Fsp3) is 0.526. The number of nitrogens with zero attached hydrogens (tertiary/aromatic N) is 1. The standard InChI is InChI=1S/C19H25NO2/c1-2-12-20-13-6-9-16-14-17(10-11-18(16)20)22-19(21)15-7-4-3-5-8-15/h3-5,7-8,11,16-17H,2,6,9-10,12-14H2,1H3. The van der Waals surface area contributed by atoms with Crippen molar-refractivity contribution in [2.24, 2.45) is 5.92 Å². The average Bonchev–Trinajstić information content (AvgIpc) is 2.56. The van der Waals surface area contributed by atoms with Gasteiger partial charge in [0.25, 0.3) is 0 Å². The quantitative estimate of drug-likeness (QED) is 0.787. The van der Waals surface area contributed by atoms with Gasteiger partial charge in [0.05, 0.1) is 5.56 Å². The van der Waals surface area contributed by atoms with Gasteiger partial charge in [0.2, 0.25) is 0 Å². The van der Waals surface area contributed by atoms with E-state index in [0.717, 1.165) is 19.4 Å². The second-order valence-electron chi connectivity index (χ2n) is 6.32. The molecule has 22 heavy (non-hydrogen) atoms. The fourth-order valence-corrected chi connectivity index (χ4v) is 3.66. The first-order valence-electron chi connectivity index (χ1n) is 8.49. The highest BCUT2D eigenvalue weighted by Crippen LogP contribution is 2.36. The number of fused-ring (bicyclic) bond motifs is 1. The highest BCUT2D eigenvalue weighted by atomic mass is 16.5. The third-order valence-corrected chi connectivity index (χ3v) is 4.68. The van der Waals surface area contributed by atoms with Crippen molar-refractivity contribution in [1.82, 2.24) is 4.90 Å². The number of carbonyl (C=O) groups is 1. The molecule has 0 amide bonds. The van der Waals surface area contributed by atoms with Gasteiger partial charge in [0.1, 0.15) is 6.10 Å². The van der Waals surface area contributed by atoms with Gasteiger partial charge in [-0.3, -0.25) is 0 Å². The van der Waals surface area contributed by atoms with Gasteiger partial charge >= 0.3 is 5.97 Å². The van der Waals surface area contributed by atoms with E-state index in [1.54, 1.807) is 0 Å². The largest absolute Gasteiger partial charge is 0.458 e. The van der Waals surface area contributed by atoms with E-state index >= 15 is 0 Å². The predicted molar refractivity (Wildman–Crippen MR) is 87.6 cm³/mol. The van der Waals surface area contributed by atoms with Crippen LogP contribution in [0.3, 0.4) is 0 Å². The number of rotatable bonds is 4. The van der Waals surface area contributed by atoms with Crippen LogP contribution in [0, 0.1) is 5.92 Å². The molecule has 1 fully saturated rings. The lowest BCUT2D eigenvalue weighted by Gasteiger charge is -2.41. The maximum absolute atomic E-state index is 12.2. The summed E-state index contributed by atoms with van der Waals surface area (Å²) in [5.74, 6) is 0.381. The lowest BCUT2D eigenvalue weighted by Crippen LogP contribution is -2.38. The van der Waals surface area contributed by atoms with Gasteiger partial charge in [-0.15, -0.1) is 0 Å². The molecule has 0 radical (unpaired) electrons. The van der Waals surface area contributed by atoms with E-state index in [0.29, 0.717) is 11.5 Å². The Balaban J connectivity index is 1.63. The lowest BCUT2D eigenvalue weighted by atomic mass is 9.83. The van der Waals surface area contributed by atoms with Gasteiger partial charge in [0.15, 0.2) is 0 Å². The highest BCUT2D eigenvalue weighted by Gasteiger charge is 2.31. The van der Waals surface area contributed by atoms with E-state index in [-0.39, 0.29) is 12.1 Å². The molecule has 0 saturated carbocycles. The Labute approximate surface area is 133 Å². The van der Waals surface area contributed by atoms with Gasteiger partial charge in [-0.05, 0) is 37.8 Å². The first-order valence-corrected chi connectivity index (χ1v) is 8.49. The Morgan fingerprint density at radius 1 is 1.32 bits per heavy atom. The van der Waals surface area contributed by atoms with E-state index in [1.807, 2.05) is 30.3 Å². The Morgan fingerprint density at radius 2 is 2.14 bits per heavy atom. The minimum atomic E-state index is -0.191. The van der Waals surface area contributed by atoms with Crippen LogP contribution in [0.1, 0.15) is 49.4 Å². The Bertz CT molecular complexity index is 536. The van der Waals surface area contributed by atoms with Crippen LogP contribution in [0.15, 0.2) is 42.1 Å². The van der Waals surface area contributed by atoms with E-state index in [4.69, 9.17) is 4.74 Å². The number of likely N-dealkylation sites (tertiary alicyclic amines) is 1. The zero-order valence-corrected chi connectivity index (χ0v) is 13.3. The van der Waals surface area contributed by atoms with Gasteiger partial charge in [-0.25, -0.2) is 4.79 Å². The van der Waals surface area contributed by atoms with Crippen molar-refractivity contribution in [2.75, 3.05) is 13.1 Å². The summed E-state index contributed by atoms with van der Waals surface area (Å²) in [6, 6.07) is 9.29. The normalized spacial score (nSPS) is 24.4. The van der Waals surface area contributed by atoms with Gasteiger partial charge in [0, 0.05) is 31.1 Å². The van der Waals surface area contributed by atoms with Crippen LogP contribution < -0.4 is 0 Å². The number of ether oxygens (including phenoxy) is 1. The molecule has 1 saturated heterocycles. The molecule has 3 nitrogen and oxygen atoms in total. The predicted octanol–water partition coefficient (Wildman–Crippen LogP) is 4.01. The number of allylic oxidation sites excluding steroid dienone is 1. The second-order valence-corrected chi connectivity index (χ2v) is 6.32. The molecule has 0 bridgehead atoms. The molecule has 2 unspecified atom stereocenters. The monoisotopic (exact) mass is 299 g/mol. The number of carbonyl (C=O) groups excluding carboxylic acids is 1. The van der Waals surface area contributed by atoms with Crippen LogP contribution in [-0.2, 0) is 4.74 Å². The van der Waals surface area contributed by atoms with E-state index in [1.165, 1.54) is 31.5 Å². The van der Waals surface area contributed by atoms with E-state index in [2.05, 4.69) is 17.9 Å². The summed E-state index contributed by atoms with van der Waals surface area (Å²) in [5.41, 5.74) is 2.15. The molecule has 3 rings (SSSR count). The number of hydrogen-bond acceptors (Lipinski definition) is 3. The Kier molecular flexibility index (Phi) is 4.81. The molecule has 2 atom stereocenters. The molecular formula is C19H25NO2. The number of piperidine rings is 1. The molecular weight excluding hydrogens is 274 g/mol. The van der Waals surface area contributed by atoms with Crippen LogP contribution in [0.4, 0.5) is 0 Å². The molecule has 118 valence electrons. The number of hydrogen-bond donors (Lipinski definition) is 0. The van der Waals surface area contributed by atoms with Crippen molar-refractivity contribution in [3.05, 3.63) is 47.7 Å². The van der Waals surface area contributed by atoms with Gasteiger partial charge in [-0.2, -0.15) is 0 Å². The molecule has 1 aromatic carbocycles. The van der Waals surface area contributed by atoms with Crippen molar-refractivity contribution in [2.45, 2.75) is 45.1 Å². The Morgan fingerprint density at radius 3 is 2.91 bits per heavy atom. The molecule has 2 aliphatic rings. The fourth-order valence-electron chi connectivity index (χ4n) is 3.66. The van der Waals surface area contributed by atoms with Gasteiger partial charge < -0.3 is 9.64 Å². The third kappa shape index (κ3) is 3.34. The summed E-state index contributed by atoms with van der Waals surface area (Å²) in [7, 11) is 0.